The first-order chi connectivity index (χ1) is 14.8. The van der Waals surface area contributed by atoms with E-state index in [1.807, 2.05) is 41.5 Å². The van der Waals surface area contributed by atoms with Gasteiger partial charge in [0.2, 0.25) is 6.33 Å². The molecule has 2 aromatic carbocycles. The molecule has 1 N–H and O–H groups in total. The molecule has 2 heterocycles. The van der Waals surface area contributed by atoms with Gasteiger partial charge < -0.3 is 24.9 Å². The molecule has 1 aliphatic rings. The molecule has 0 saturated heterocycles. The number of rotatable bonds is 4. The number of aromatic amines is 1. The predicted octanol–water partition coefficient (Wildman–Crippen LogP) is 4.58. The Balaban J connectivity index is 0.000000628. The van der Waals surface area contributed by atoms with E-state index in [9.17, 15) is 0 Å². The Kier molecular flexibility index (Phi) is 7.56. The summed E-state index contributed by atoms with van der Waals surface area (Å²) in [6.45, 7) is 0.694. The van der Waals surface area contributed by atoms with E-state index in [1.165, 1.54) is 0 Å². The van der Waals surface area contributed by atoms with Crippen molar-refractivity contribution in [3.05, 3.63) is 96.6 Å². The lowest BCUT2D eigenvalue weighted by Crippen LogP contribution is -2.48. The minimum Gasteiger partial charge on any atom is -0.488 e. The monoisotopic (exact) mass is 484 g/mol. The van der Waals surface area contributed by atoms with Gasteiger partial charge in [0.15, 0.2) is 6.04 Å². The Labute approximate surface area is 191 Å². The number of nitrogens with zero attached hydrogens (tertiary/aromatic N) is 3. The van der Waals surface area contributed by atoms with Crippen LogP contribution in [0.4, 0.5) is 0 Å². The second-order valence-corrected chi connectivity index (χ2v) is 7.50. The van der Waals surface area contributed by atoms with E-state index in [-0.39, 0.29) is 12.6 Å². The van der Waals surface area contributed by atoms with Gasteiger partial charge >= 0.3 is 0 Å². The standard InChI is InChI=1S/C19H14Cl3N3O2.NO3/c20-13-2-3-14-18(8-13)26-10-17(25-6-5-23-11-25)19(14)24-27-9-12-1-4-15(21)16(22)7-12;2-1(3)4/h1-8,11,17H,9-10H2;/q;-1/p+1/b24-19-;. The summed E-state index contributed by atoms with van der Waals surface area (Å²) in [5.74, 6) is 0.687. The summed E-state index contributed by atoms with van der Waals surface area (Å²) in [4.78, 5) is 16.9. The van der Waals surface area contributed by atoms with Crippen LogP contribution in [-0.2, 0) is 11.4 Å². The molecule has 1 aromatic heterocycles. The molecular formula is C19H15Cl3N4O5. The summed E-state index contributed by atoms with van der Waals surface area (Å²) in [7, 11) is 0. The Hall–Kier alpha value is -3.01. The lowest BCUT2D eigenvalue weighted by Gasteiger charge is -2.24. The van der Waals surface area contributed by atoms with Crippen molar-refractivity contribution in [2.24, 2.45) is 5.16 Å². The van der Waals surface area contributed by atoms with Crippen LogP contribution in [0.2, 0.25) is 15.1 Å². The third kappa shape index (κ3) is 6.00. The van der Waals surface area contributed by atoms with E-state index < -0.39 is 5.09 Å². The van der Waals surface area contributed by atoms with Crippen LogP contribution in [0.15, 0.2) is 60.3 Å². The maximum atomic E-state index is 8.25. The van der Waals surface area contributed by atoms with Gasteiger partial charge in [0.1, 0.15) is 37.1 Å². The highest BCUT2D eigenvalue weighted by molar-refractivity contribution is 6.42. The summed E-state index contributed by atoms with van der Waals surface area (Å²) >= 11 is 18.1. The molecule has 0 saturated carbocycles. The van der Waals surface area contributed by atoms with E-state index >= 15 is 0 Å². The second kappa shape index (κ2) is 10.3. The first-order valence-electron chi connectivity index (χ1n) is 8.76. The van der Waals surface area contributed by atoms with Gasteiger partial charge in [-0.2, -0.15) is 0 Å². The van der Waals surface area contributed by atoms with Gasteiger partial charge in [0.25, 0.3) is 0 Å². The van der Waals surface area contributed by atoms with Gasteiger partial charge in [-0.15, -0.1) is 0 Å². The highest BCUT2D eigenvalue weighted by atomic mass is 35.5. The summed E-state index contributed by atoms with van der Waals surface area (Å²) < 4.78 is 7.86. The highest BCUT2D eigenvalue weighted by Crippen LogP contribution is 2.31. The molecule has 1 atom stereocenters. The molecule has 0 bridgehead atoms. The van der Waals surface area contributed by atoms with Crippen molar-refractivity contribution in [3.63, 3.8) is 0 Å². The average molecular weight is 486 g/mol. The number of fused-ring (bicyclic) bond motifs is 1. The Morgan fingerprint density at radius 1 is 1.19 bits per heavy atom. The van der Waals surface area contributed by atoms with E-state index in [4.69, 9.17) is 59.7 Å². The SMILES string of the molecule is Clc1ccc2c(c1)OCC([n+]1cc[nH]c1)/C2=N\OCc1ccc(Cl)c(Cl)c1.O=[N+]([O-])[O-]. The third-order valence-electron chi connectivity index (χ3n) is 4.24. The van der Waals surface area contributed by atoms with Crippen LogP contribution in [0.1, 0.15) is 17.2 Å². The van der Waals surface area contributed by atoms with Crippen LogP contribution in [0.25, 0.3) is 0 Å². The summed E-state index contributed by atoms with van der Waals surface area (Å²) in [6, 6.07) is 10.7. The molecule has 9 nitrogen and oxygen atoms in total. The van der Waals surface area contributed by atoms with Crippen molar-refractivity contribution >= 4 is 40.5 Å². The minimum absolute atomic E-state index is 0.126. The fraction of sp³-hybridized carbons (Fsp3) is 0.158. The Morgan fingerprint density at radius 3 is 2.65 bits per heavy atom. The lowest BCUT2D eigenvalue weighted by atomic mass is 10.00. The summed E-state index contributed by atoms with van der Waals surface area (Å²) in [5, 5.41) is 20.8. The number of H-pyrrole nitrogens is 1. The molecule has 31 heavy (non-hydrogen) atoms. The van der Waals surface area contributed by atoms with Crippen molar-refractivity contribution in [3.8, 4) is 5.75 Å². The van der Waals surface area contributed by atoms with Crippen LogP contribution < -0.4 is 9.30 Å². The Morgan fingerprint density at radius 2 is 1.97 bits per heavy atom. The van der Waals surface area contributed by atoms with Crippen molar-refractivity contribution in [1.82, 2.24) is 4.98 Å². The van der Waals surface area contributed by atoms with Crippen LogP contribution in [0, 0.1) is 15.3 Å². The topological polar surface area (TPSA) is 117 Å². The van der Waals surface area contributed by atoms with E-state index in [2.05, 4.69) is 10.1 Å². The predicted molar refractivity (Wildman–Crippen MR) is 115 cm³/mol. The Bertz CT molecular complexity index is 1090. The van der Waals surface area contributed by atoms with Gasteiger partial charge in [0.05, 0.1) is 15.1 Å². The van der Waals surface area contributed by atoms with E-state index in [0.717, 1.165) is 16.8 Å². The number of benzene rings is 2. The molecule has 1 unspecified atom stereocenters. The lowest BCUT2D eigenvalue weighted by molar-refractivity contribution is -0.706. The summed E-state index contributed by atoms with van der Waals surface area (Å²) in [5.41, 5.74) is 2.49. The van der Waals surface area contributed by atoms with E-state index in [1.54, 1.807) is 18.2 Å². The molecule has 0 aliphatic carbocycles. The van der Waals surface area contributed by atoms with Crippen LogP contribution in [0.3, 0.4) is 0 Å². The molecule has 162 valence electrons. The van der Waals surface area contributed by atoms with Gasteiger partial charge in [-0.1, -0.05) is 46.0 Å². The minimum atomic E-state index is -1.75. The fourth-order valence-electron chi connectivity index (χ4n) is 2.89. The smallest absolute Gasteiger partial charge is 0.242 e. The van der Waals surface area contributed by atoms with Gasteiger partial charge in [-0.05, 0) is 35.9 Å². The molecule has 0 fully saturated rings. The second-order valence-electron chi connectivity index (χ2n) is 6.25. The number of nitrogens with one attached hydrogen (secondary N) is 1. The molecular weight excluding hydrogens is 471 g/mol. The number of imidazole rings is 1. The average Bonchev–Trinajstić information content (AvgIpc) is 3.24. The number of ether oxygens (including phenoxy) is 1. The molecule has 12 heteroatoms. The first-order valence-corrected chi connectivity index (χ1v) is 9.90. The number of oxime groups is 1. The van der Waals surface area contributed by atoms with Crippen molar-refractivity contribution in [1.29, 1.82) is 0 Å². The molecule has 0 radical (unpaired) electrons. The van der Waals surface area contributed by atoms with Crippen LogP contribution in [-0.4, -0.2) is 22.4 Å². The molecule has 3 aromatic rings. The van der Waals surface area contributed by atoms with Gasteiger partial charge in [0, 0.05) is 10.6 Å². The summed E-state index contributed by atoms with van der Waals surface area (Å²) in [6.07, 6.45) is 5.61. The molecule has 0 amide bonds. The van der Waals surface area contributed by atoms with Crippen LogP contribution in [0.5, 0.6) is 5.75 Å². The first kappa shape index (κ1) is 22.7. The van der Waals surface area contributed by atoms with Crippen LogP contribution >= 0.6 is 34.8 Å². The third-order valence-corrected chi connectivity index (χ3v) is 5.21. The zero-order chi connectivity index (χ0) is 22.4. The van der Waals surface area contributed by atoms with Gasteiger partial charge in [-0.25, -0.2) is 4.57 Å². The van der Waals surface area contributed by atoms with E-state index in [0.29, 0.717) is 27.4 Å². The van der Waals surface area contributed by atoms with Crippen molar-refractivity contribution < 1.29 is 19.2 Å². The molecule has 4 rings (SSSR count). The number of hydrogen-bond acceptors (Lipinski definition) is 6. The van der Waals surface area contributed by atoms with Crippen molar-refractivity contribution in [2.45, 2.75) is 12.6 Å². The number of hydrogen-bond donors (Lipinski definition) is 1. The van der Waals surface area contributed by atoms with Gasteiger partial charge in [-0.3, -0.25) is 4.98 Å². The largest absolute Gasteiger partial charge is 0.488 e. The quantitative estimate of drug-likeness (QED) is 0.330. The fourth-order valence-corrected chi connectivity index (χ4v) is 3.38. The number of aromatic nitrogens is 2. The molecule has 0 spiro atoms. The molecule has 1 aliphatic heterocycles. The normalized spacial score (nSPS) is 16.0. The van der Waals surface area contributed by atoms with Crippen molar-refractivity contribution in [2.75, 3.05) is 6.61 Å². The zero-order valence-corrected chi connectivity index (χ0v) is 18.0. The highest BCUT2D eigenvalue weighted by Gasteiger charge is 2.32. The number of halogens is 3. The zero-order valence-electron chi connectivity index (χ0n) is 15.7. The maximum absolute atomic E-state index is 8.25. The maximum Gasteiger partial charge on any atom is 0.242 e.